The van der Waals surface area contributed by atoms with Crippen molar-refractivity contribution in [2.24, 2.45) is 5.92 Å². The number of fused-ring (bicyclic) bond motifs is 1. The van der Waals surface area contributed by atoms with Crippen LogP contribution in [-0.2, 0) is 0 Å². The summed E-state index contributed by atoms with van der Waals surface area (Å²) in [5, 5.41) is 0. The van der Waals surface area contributed by atoms with Crippen molar-refractivity contribution in [3.8, 4) is 11.5 Å². The Kier molecular flexibility index (Phi) is 5.20. The minimum atomic E-state index is -2.64. The summed E-state index contributed by atoms with van der Waals surface area (Å²) in [4.78, 5) is 19.3. The Balaban J connectivity index is 1.66. The summed E-state index contributed by atoms with van der Waals surface area (Å²) in [6.07, 6.45) is 7.83. The van der Waals surface area contributed by atoms with Crippen LogP contribution in [0.15, 0.2) is 30.9 Å². The molecule has 0 saturated carbocycles. The Morgan fingerprint density at radius 3 is 2.96 bits per heavy atom. The van der Waals surface area contributed by atoms with Crippen LogP contribution in [0.4, 0.5) is 14.6 Å². The summed E-state index contributed by atoms with van der Waals surface area (Å²) in [5.41, 5.74) is 0.768. The molecule has 1 fully saturated rings. The van der Waals surface area contributed by atoms with Gasteiger partial charge in [-0.15, -0.1) is 0 Å². The van der Waals surface area contributed by atoms with E-state index in [1.165, 1.54) is 18.8 Å². The molecule has 4 heterocycles. The summed E-state index contributed by atoms with van der Waals surface area (Å²) < 4.78 is 27.6. The maximum atomic E-state index is 13.0. The van der Waals surface area contributed by atoms with E-state index in [4.69, 9.17) is 4.98 Å². The van der Waals surface area contributed by atoms with Crippen LogP contribution in [0.1, 0.15) is 25.0 Å². The number of piperidine rings is 1. The number of rotatable bonds is 5. The molecule has 142 valence electrons. The van der Waals surface area contributed by atoms with Crippen LogP contribution in [0.3, 0.4) is 0 Å². The minimum absolute atomic E-state index is 0.297. The fourth-order valence-corrected chi connectivity index (χ4v) is 4.22. The molecule has 1 aliphatic rings. The lowest BCUT2D eigenvalue weighted by atomic mass is 10.0. The molecule has 0 N–H and O–H groups in total. The van der Waals surface area contributed by atoms with Gasteiger partial charge in [0.25, 0.3) is 6.43 Å². The standard InChI is InChI=1S/C18H20F2N6S/c1-27-11-12-3-2-6-25(9-12)15-4-5-21-18(24-15)14-7-23-16-8-22-13(17(19)20)10-26(14)16/h4-5,7-8,10,12,17H,2-3,6,9,11H2,1H3. The number of hydrogen-bond acceptors (Lipinski definition) is 6. The highest BCUT2D eigenvalue weighted by Gasteiger charge is 2.21. The number of anilines is 1. The van der Waals surface area contributed by atoms with E-state index < -0.39 is 6.43 Å². The Bertz CT molecular complexity index is 929. The molecule has 0 bridgehead atoms. The van der Waals surface area contributed by atoms with E-state index in [0.717, 1.165) is 31.1 Å². The molecule has 0 aliphatic carbocycles. The van der Waals surface area contributed by atoms with Crippen molar-refractivity contribution in [3.05, 3.63) is 36.5 Å². The monoisotopic (exact) mass is 390 g/mol. The number of halogens is 2. The molecular weight excluding hydrogens is 370 g/mol. The Hall–Kier alpha value is -2.29. The van der Waals surface area contributed by atoms with E-state index in [1.54, 1.807) is 16.8 Å². The third-order valence-corrected chi connectivity index (χ3v) is 5.56. The smallest absolute Gasteiger partial charge is 0.281 e. The lowest BCUT2D eigenvalue weighted by molar-refractivity contribution is 0.145. The van der Waals surface area contributed by atoms with Gasteiger partial charge in [0.15, 0.2) is 11.5 Å². The van der Waals surface area contributed by atoms with Crippen molar-refractivity contribution in [3.63, 3.8) is 0 Å². The van der Waals surface area contributed by atoms with Crippen LogP contribution < -0.4 is 4.90 Å². The minimum Gasteiger partial charge on any atom is -0.356 e. The van der Waals surface area contributed by atoms with E-state index in [1.807, 2.05) is 17.8 Å². The zero-order valence-electron chi connectivity index (χ0n) is 14.9. The average Bonchev–Trinajstić information content (AvgIpc) is 3.12. The normalized spacial score (nSPS) is 17.8. The van der Waals surface area contributed by atoms with Crippen molar-refractivity contribution in [1.82, 2.24) is 24.3 Å². The highest BCUT2D eigenvalue weighted by molar-refractivity contribution is 7.98. The predicted molar refractivity (Wildman–Crippen MR) is 102 cm³/mol. The van der Waals surface area contributed by atoms with Crippen LogP contribution in [-0.4, -0.2) is 49.4 Å². The van der Waals surface area contributed by atoms with Gasteiger partial charge in [0, 0.05) is 25.5 Å². The van der Waals surface area contributed by atoms with E-state index in [2.05, 4.69) is 26.1 Å². The molecule has 1 atom stereocenters. The number of aromatic nitrogens is 5. The number of thioether (sulfide) groups is 1. The van der Waals surface area contributed by atoms with Crippen LogP contribution in [0.2, 0.25) is 0 Å². The van der Waals surface area contributed by atoms with Gasteiger partial charge in [0.1, 0.15) is 17.2 Å². The summed E-state index contributed by atoms with van der Waals surface area (Å²) in [5.74, 6) is 3.13. The van der Waals surface area contributed by atoms with Gasteiger partial charge < -0.3 is 4.90 Å². The van der Waals surface area contributed by atoms with Crippen LogP contribution in [0.5, 0.6) is 0 Å². The van der Waals surface area contributed by atoms with Gasteiger partial charge in [0.2, 0.25) is 0 Å². The second kappa shape index (κ2) is 7.75. The molecule has 0 radical (unpaired) electrons. The molecule has 6 nitrogen and oxygen atoms in total. The highest BCUT2D eigenvalue weighted by atomic mass is 32.2. The number of nitrogens with zero attached hydrogens (tertiary/aromatic N) is 6. The van der Waals surface area contributed by atoms with Crippen molar-refractivity contribution < 1.29 is 8.78 Å². The van der Waals surface area contributed by atoms with E-state index in [9.17, 15) is 8.78 Å². The summed E-state index contributed by atoms with van der Waals surface area (Å²) in [6, 6.07) is 1.90. The second-order valence-electron chi connectivity index (χ2n) is 6.63. The quantitative estimate of drug-likeness (QED) is 0.662. The number of hydrogen-bond donors (Lipinski definition) is 0. The van der Waals surface area contributed by atoms with Crippen molar-refractivity contribution in [2.75, 3.05) is 30.0 Å². The van der Waals surface area contributed by atoms with Crippen LogP contribution in [0.25, 0.3) is 17.2 Å². The fourth-order valence-electron chi connectivity index (χ4n) is 3.48. The predicted octanol–water partition coefficient (Wildman–Crippen LogP) is 3.70. The SMILES string of the molecule is CSCC1CCCN(c2ccnc(-c3cnc4cnc(C(F)F)cn34)n2)C1. The molecular formula is C18H20F2N6S. The van der Waals surface area contributed by atoms with Gasteiger partial charge in [-0.2, -0.15) is 11.8 Å². The molecule has 3 aromatic heterocycles. The molecule has 1 unspecified atom stereocenters. The van der Waals surface area contributed by atoms with Crippen molar-refractivity contribution in [1.29, 1.82) is 0 Å². The molecule has 27 heavy (non-hydrogen) atoms. The molecule has 0 amide bonds. The van der Waals surface area contributed by atoms with Gasteiger partial charge in [0.05, 0.1) is 12.4 Å². The summed E-state index contributed by atoms with van der Waals surface area (Å²) in [7, 11) is 0. The largest absolute Gasteiger partial charge is 0.356 e. The molecule has 0 spiro atoms. The topological polar surface area (TPSA) is 59.2 Å². The van der Waals surface area contributed by atoms with Crippen molar-refractivity contribution >= 4 is 23.2 Å². The lowest BCUT2D eigenvalue weighted by Gasteiger charge is -2.33. The molecule has 4 rings (SSSR count). The molecule has 3 aromatic rings. The van der Waals surface area contributed by atoms with E-state index in [-0.39, 0.29) is 5.69 Å². The fraction of sp³-hybridized carbons (Fsp3) is 0.444. The van der Waals surface area contributed by atoms with Crippen molar-refractivity contribution in [2.45, 2.75) is 19.3 Å². The molecule has 1 aliphatic heterocycles. The maximum Gasteiger partial charge on any atom is 0.281 e. The number of imidazole rings is 1. The Morgan fingerprint density at radius 1 is 1.26 bits per heavy atom. The van der Waals surface area contributed by atoms with Crippen LogP contribution >= 0.6 is 11.8 Å². The third kappa shape index (κ3) is 3.73. The van der Waals surface area contributed by atoms with Gasteiger partial charge in [-0.1, -0.05) is 0 Å². The van der Waals surface area contributed by atoms with E-state index >= 15 is 0 Å². The van der Waals surface area contributed by atoms with Gasteiger partial charge in [-0.25, -0.2) is 28.7 Å². The third-order valence-electron chi connectivity index (χ3n) is 4.75. The van der Waals surface area contributed by atoms with Gasteiger partial charge in [-0.05, 0) is 36.8 Å². The van der Waals surface area contributed by atoms with Gasteiger partial charge >= 0.3 is 0 Å². The first-order valence-electron chi connectivity index (χ1n) is 8.84. The number of alkyl halides is 2. The first-order valence-corrected chi connectivity index (χ1v) is 10.2. The van der Waals surface area contributed by atoms with Crippen LogP contribution in [0, 0.1) is 5.92 Å². The molecule has 1 saturated heterocycles. The second-order valence-corrected chi connectivity index (χ2v) is 7.54. The first kappa shape index (κ1) is 18.1. The first-order chi connectivity index (χ1) is 13.2. The van der Waals surface area contributed by atoms with E-state index in [0.29, 0.717) is 23.1 Å². The Morgan fingerprint density at radius 2 is 2.15 bits per heavy atom. The average molecular weight is 390 g/mol. The zero-order valence-corrected chi connectivity index (χ0v) is 15.7. The maximum absolute atomic E-state index is 13.0. The Labute approximate surface area is 160 Å². The van der Waals surface area contributed by atoms with Gasteiger partial charge in [-0.3, -0.25) is 4.40 Å². The molecule has 0 aromatic carbocycles. The highest BCUT2D eigenvalue weighted by Crippen LogP contribution is 2.26. The zero-order chi connectivity index (χ0) is 18.8. The lowest BCUT2D eigenvalue weighted by Crippen LogP contribution is -2.36. The summed E-state index contributed by atoms with van der Waals surface area (Å²) in [6.45, 7) is 1.94. The summed E-state index contributed by atoms with van der Waals surface area (Å²) >= 11 is 1.87. The molecule has 9 heteroatoms.